The van der Waals surface area contributed by atoms with Gasteiger partial charge in [-0.2, -0.15) is 0 Å². The number of anilines is 1. The van der Waals surface area contributed by atoms with Crippen molar-refractivity contribution in [3.8, 4) is 0 Å². The van der Waals surface area contributed by atoms with Crippen molar-refractivity contribution < 1.29 is 0 Å². The van der Waals surface area contributed by atoms with E-state index in [1.165, 1.54) is 24.1 Å². The second-order valence-corrected chi connectivity index (χ2v) is 5.66. The van der Waals surface area contributed by atoms with Crippen LogP contribution in [0.1, 0.15) is 53.0 Å². The molecule has 1 N–H and O–H groups in total. The Balaban J connectivity index is 2.75. The second-order valence-electron chi connectivity index (χ2n) is 5.66. The largest absolute Gasteiger partial charge is 0.383 e. The molecule has 90 valence electrons. The van der Waals surface area contributed by atoms with Gasteiger partial charge in [-0.15, -0.1) is 0 Å². The third-order valence-electron chi connectivity index (χ3n) is 2.86. The third kappa shape index (κ3) is 3.88. The van der Waals surface area contributed by atoms with Crippen LogP contribution in [0.5, 0.6) is 0 Å². The Kier molecular flexibility index (Phi) is 4.40. The molecule has 0 bridgehead atoms. The van der Waals surface area contributed by atoms with Gasteiger partial charge in [0, 0.05) is 11.7 Å². The Morgan fingerprint density at radius 3 is 2.50 bits per heavy atom. The smallest absolute Gasteiger partial charge is 0.0345 e. The highest BCUT2D eigenvalue weighted by molar-refractivity contribution is 5.47. The quantitative estimate of drug-likeness (QED) is 0.781. The molecule has 0 fully saturated rings. The van der Waals surface area contributed by atoms with E-state index in [1.807, 2.05) is 0 Å². The van der Waals surface area contributed by atoms with E-state index in [9.17, 15) is 0 Å². The van der Waals surface area contributed by atoms with Gasteiger partial charge in [-0.3, -0.25) is 0 Å². The minimum atomic E-state index is 0.228. The van der Waals surface area contributed by atoms with Crippen LogP contribution in [-0.4, -0.2) is 6.04 Å². The second kappa shape index (κ2) is 5.38. The lowest BCUT2D eigenvalue weighted by atomic mass is 9.87. The van der Waals surface area contributed by atoms with Crippen molar-refractivity contribution in [2.75, 3.05) is 5.32 Å². The molecule has 1 heteroatoms. The van der Waals surface area contributed by atoms with Crippen molar-refractivity contribution in [3.63, 3.8) is 0 Å². The molecule has 0 spiro atoms. The van der Waals surface area contributed by atoms with E-state index in [2.05, 4.69) is 64.2 Å². The van der Waals surface area contributed by atoms with Crippen LogP contribution in [0.15, 0.2) is 24.3 Å². The summed E-state index contributed by atoms with van der Waals surface area (Å²) in [7, 11) is 0. The summed E-state index contributed by atoms with van der Waals surface area (Å²) in [5, 5.41) is 3.56. The summed E-state index contributed by atoms with van der Waals surface area (Å²) in [5.41, 5.74) is 2.86. The molecule has 0 aliphatic heterocycles. The maximum absolute atomic E-state index is 3.56. The van der Waals surface area contributed by atoms with E-state index in [0.717, 1.165) is 0 Å². The zero-order chi connectivity index (χ0) is 12.2. The fraction of sp³-hybridized carbons (Fsp3) is 0.600. The van der Waals surface area contributed by atoms with Crippen LogP contribution in [0.2, 0.25) is 0 Å². The van der Waals surface area contributed by atoms with Crippen molar-refractivity contribution in [1.82, 2.24) is 0 Å². The summed E-state index contributed by atoms with van der Waals surface area (Å²) < 4.78 is 0. The van der Waals surface area contributed by atoms with Gasteiger partial charge in [-0.1, -0.05) is 46.2 Å². The lowest BCUT2D eigenvalue weighted by Crippen LogP contribution is -2.16. The summed E-state index contributed by atoms with van der Waals surface area (Å²) in [4.78, 5) is 0. The highest BCUT2D eigenvalue weighted by Gasteiger charge is 2.13. The van der Waals surface area contributed by atoms with Crippen molar-refractivity contribution in [1.29, 1.82) is 0 Å². The van der Waals surface area contributed by atoms with E-state index in [4.69, 9.17) is 0 Å². The fourth-order valence-electron chi connectivity index (χ4n) is 1.87. The average molecular weight is 219 g/mol. The van der Waals surface area contributed by atoms with Crippen molar-refractivity contribution in [3.05, 3.63) is 29.8 Å². The minimum absolute atomic E-state index is 0.228. The Morgan fingerprint density at radius 1 is 1.25 bits per heavy atom. The molecule has 0 amide bonds. The number of benzene rings is 1. The first kappa shape index (κ1) is 13.1. The van der Waals surface area contributed by atoms with Crippen molar-refractivity contribution in [2.45, 2.75) is 58.9 Å². The zero-order valence-corrected chi connectivity index (χ0v) is 11.3. The van der Waals surface area contributed by atoms with Gasteiger partial charge in [0.1, 0.15) is 0 Å². The average Bonchev–Trinajstić information content (AvgIpc) is 2.17. The van der Waals surface area contributed by atoms with Gasteiger partial charge in [-0.05, 0) is 36.5 Å². The molecule has 16 heavy (non-hydrogen) atoms. The summed E-state index contributed by atoms with van der Waals surface area (Å²) in [5.74, 6) is 0. The molecular formula is C15H25N. The Hall–Kier alpha value is -0.980. The summed E-state index contributed by atoms with van der Waals surface area (Å²) >= 11 is 0. The molecule has 0 radical (unpaired) electrons. The lowest BCUT2D eigenvalue weighted by Gasteiger charge is -2.21. The maximum Gasteiger partial charge on any atom is 0.0345 e. The molecule has 0 saturated carbocycles. The number of nitrogens with one attached hydrogen (secondary N) is 1. The highest BCUT2D eigenvalue weighted by atomic mass is 14.9. The monoisotopic (exact) mass is 219 g/mol. The summed E-state index contributed by atoms with van der Waals surface area (Å²) in [6, 6.07) is 9.32. The van der Waals surface area contributed by atoms with Crippen LogP contribution in [0.25, 0.3) is 0 Å². The third-order valence-corrected chi connectivity index (χ3v) is 2.86. The maximum atomic E-state index is 3.56. The molecule has 1 unspecified atom stereocenters. The van der Waals surface area contributed by atoms with E-state index in [-0.39, 0.29) is 5.41 Å². The molecule has 0 aliphatic carbocycles. The van der Waals surface area contributed by atoms with Crippen LogP contribution in [-0.2, 0) is 5.41 Å². The van der Waals surface area contributed by atoms with Gasteiger partial charge in [0.25, 0.3) is 0 Å². The zero-order valence-electron chi connectivity index (χ0n) is 11.3. The van der Waals surface area contributed by atoms with Crippen LogP contribution in [0.3, 0.4) is 0 Å². The van der Waals surface area contributed by atoms with Crippen LogP contribution < -0.4 is 5.32 Å². The Labute approximate surface area is 100 Å². The molecule has 0 saturated heterocycles. The Morgan fingerprint density at radius 2 is 1.94 bits per heavy atom. The first-order valence-corrected chi connectivity index (χ1v) is 6.30. The molecule has 1 atom stereocenters. The molecule has 0 aliphatic rings. The van der Waals surface area contributed by atoms with Crippen LogP contribution in [0, 0.1) is 0 Å². The normalized spacial score (nSPS) is 13.6. The highest BCUT2D eigenvalue weighted by Crippen LogP contribution is 2.25. The molecule has 1 rings (SSSR count). The van der Waals surface area contributed by atoms with E-state index in [0.29, 0.717) is 6.04 Å². The first-order valence-electron chi connectivity index (χ1n) is 6.30. The van der Waals surface area contributed by atoms with Gasteiger partial charge in [0.15, 0.2) is 0 Å². The molecule has 0 aromatic heterocycles. The van der Waals surface area contributed by atoms with Gasteiger partial charge >= 0.3 is 0 Å². The molecule has 1 aromatic carbocycles. The van der Waals surface area contributed by atoms with Gasteiger partial charge in [-0.25, -0.2) is 0 Å². The number of hydrogen-bond donors (Lipinski definition) is 1. The predicted molar refractivity (Wildman–Crippen MR) is 73.1 cm³/mol. The Bertz CT molecular complexity index is 322. The van der Waals surface area contributed by atoms with Crippen LogP contribution >= 0.6 is 0 Å². The standard InChI is InChI=1S/C15H25N/c1-6-8-12(2)16-14-10-7-9-13(11-14)15(3,4)5/h7,9-12,16H,6,8H2,1-5H3. The van der Waals surface area contributed by atoms with Crippen molar-refractivity contribution >= 4 is 5.69 Å². The van der Waals surface area contributed by atoms with Gasteiger partial charge in [0.2, 0.25) is 0 Å². The molecular weight excluding hydrogens is 194 g/mol. The van der Waals surface area contributed by atoms with E-state index in [1.54, 1.807) is 0 Å². The first-order chi connectivity index (χ1) is 7.43. The topological polar surface area (TPSA) is 12.0 Å². The van der Waals surface area contributed by atoms with Gasteiger partial charge in [0.05, 0.1) is 0 Å². The summed E-state index contributed by atoms with van der Waals surface area (Å²) in [6.07, 6.45) is 2.45. The SMILES string of the molecule is CCCC(C)Nc1cccc(C(C)(C)C)c1. The van der Waals surface area contributed by atoms with Crippen molar-refractivity contribution in [2.24, 2.45) is 0 Å². The predicted octanol–water partition coefficient (Wildman–Crippen LogP) is 4.58. The molecule has 1 nitrogen and oxygen atoms in total. The fourth-order valence-corrected chi connectivity index (χ4v) is 1.87. The van der Waals surface area contributed by atoms with E-state index >= 15 is 0 Å². The van der Waals surface area contributed by atoms with Crippen LogP contribution in [0.4, 0.5) is 5.69 Å². The summed E-state index contributed by atoms with van der Waals surface area (Å²) in [6.45, 7) is 11.2. The van der Waals surface area contributed by atoms with E-state index < -0.39 is 0 Å². The number of rotatable bonds is 4. The van der Waals surface area contributed by atoms with Gasteiger partial charge < -0.3 is 5.32 Å². The lowest BCUT2D eigenvalue weighted by molar-refractivity contribution is 0.590. The molecule has 0 heterocycles. The number of hydrogen-bond acceptors (Lipinski definition) is 1. The minimum Gasteiger partial charge on any atom is -0.383 e. The molecule has 1 aromatic rings.